The number of carbonyl (C=O) groups is 2. The molecule has 1 atom stereocenters. The molecule has 0 spiro atoms. The number of pyridine rings is 1. The Kier molecular flexibility index (Phi) is 4.65. The van der Waals surface area contributed by atoms with Crippen molar-refractivity contribution in [1.82, 2.24) is 4.98 Å². The Morgan fingerprint density at radius 1 is 1.04 bits per heavy atom. The summed E-state index contributed by atoms with van der Waals surface area (Å²) >= 11 is 0. The molecule has 2 heterocycles. The van der Waals surface area contributed by atoms with E-state index < -0.39 is 0 Å². The zero-order valence-corrected chi connectivity index (χ0v) is 15.8. The van der Waals surface area contributed by atoms with Crippen molar-refractivity contribution in [3.05, 3.63) is 83.6 Å². The molecule has 2 aromatic carbocycles. The van der Waals surface area contributed by atoms with Crippen LogP contribution < -0.4 is 10.2 Å². The molecule has 0 saturated carbocycles. The molecule has 1 aromatic heterocycles. The monoisotopic (exact) mass is 371 g/mol. The van der Waals surface area contributed by atoms with Crippen LogP contribution >= 0.6 is 0 Å². The summed E-state index contributed by atoms with van der Waals surface area (Å²) in [4.78, 5) is 30.8. The van der Waals surface area contributed by atoms with Crippen LogP contribution in [0.2, 0.25) is 0 Å². The summed E-state index contributed by atoms with van der Waals surface area (Å²) in [6, 6.07) is 18.8. The molecule has 0 bridgehead atoms. The molecule has 0 radical (unpaired) electrons. The summed E-state index contributed by atoms with van der Waals surface area (Å²) in [5.41, 5.74) is 4.22. The Balaban J connectivity index is 1.57. The van der Waals surface area contributed by atoms with Gasteiger partial charge in [-0.3, -0.25) is 9.59 Å². The van der Waals surface area contributed by atoms with Crippen molar-refractivity contribution in [2.24, 2.45) is 0 Å². The molecule has 1 aliphatic rings. The fourth-order valence-corrected chi connectivity index (χ4v) is 3.58. The van der Waals surface area contributed by atoms with E-state index in [4.69, 9.17) is 0 Å². The lowest BCUT2D eigenvalue weighted by molar-refractivity contribution is 0.0979. The van der Waals surface area contributed by atoms with E-state index in [0.717, 1.165) is 17.8 Å². The van der Waals surface area contributed by atoms with Crippen molar-refractivity contribution < 1.29 is 9.59 Å². The van der Waals surface area contributed by atoms with Gasteiger partial charge in [-0.15, -0.1) is 0 Å². The average Bonchev–Trinajstić information content (AvgIpc) is 3.03. The largest absolute Gasteiger partial charge is 0.340 e. The lowest BCUT2D eigenvalue weighted by atomic mass is 10.1. The molecule has 1 N–H and O–H groups in total. The minimum absolute atomic E-state index is 0.0253. The van der Waals surface area contributed by atoms with Crippen molar-refractivity contribution in [1.29, 1.82) is 0 Å². The molecule has 140 valence electrons. The van der Waals surface area contributed by atoms with Crippen LogP contribution in [0.5, 0.6) is 0 Å². The van der Waals surface area contributed by atoms with Gasteiger partial charge in [-0.2, -0.15) is 0 Å². The molecule has 28 heavy (non-hydrogen) atoms. The lowest BCUT2D eigenvalue weighted by Crippen LogP contribution is -2.35. The Labute approximate surface area is 164 Å². The molecule has 3 aromatic rings. The molecule has 5 heteroatoms. The number of hydrogen-bond acceptors (Lipinski definition) is 4. The van der Waals surface area contributed by atoms with Gasteiger partial charge >= 0.3 is 0 Å². The third-order valence-electron chi connectivity index (χ3n) is 5.00. The zero-order valence-electron chi connectivity index (χ0n) is 15.8. The van der Waals surface area contributed by atoms with Gasteiger partial charge in [-0.05, 0) is 68.3 Å². The number of hydrogen-bond donors (Lipinski definition) is 1. The smallest absolute Gasteiger partial charge is 0.258 e. The molecule has 1 aliphatic heterocycles. The number of nitrogens with zero attached hydrogens (tertiary/aromatic N) is 2. The summed E-state index contributed by atoms with van der Waals surface area (Å²) < 4.78 is 0. The fourth-order valence-electron chi connectivity index (χ4n) is 3.58. The fraction of sp³-hybridized carbons (Fsp3) is 0.174. The van der Waals surface area contributed by atoms with Crippen molar-refractivity contribution in [2.45, 2.75) is 26.3 Å². The average molecular weight is 371 g/mol. The Hall–Kier alpha value is -3.47. The predicted molar refractivity (Wildman–Crippen MR) is 110 cm³/mol. The number of fused-ring (bicyclic) bond motifs is 1. The van der Waals surface area contributed by atoms with Crippen molar-refractivity contribution in [3.8, 4) is 0 Å². The van der Waals surface area contributed by atoms with Gasteiger partial charge in [0.25, 0.3) is 5.91 Å². The van der Waals surface area contributed by atoms with E-state index in [1.54, 1.807) is 30.5 Å². The van der Waals surface area contributed by atoms with Crippen molar-refractivity contribution in [3.63, 3.8) is 0 Å². The van der Waals surface area contributed by atoms with Gasteiger partial charge in [0.15, 0.2) is 5.78 Å². The van der Waals surface area contributed by atoms with Crippen molar-refractivity contribution in [2.75, 3.05) is 10.2 Å². The Morgan fingerprint density at radius 3 is 2.54 bits per heavy atom. The molecule has 0 saturated heterocycles. The molecule has 1 unspecified atom stereocenters. The topological polar surface area (TPSA) is 62.3 Å². The van der Waals surface area contributed by atoms with E-state index >= 15 is 0 Å². The van der Waals surface area contributed by atoms with E-state index in [9.17, 15) is 9.59 Å². The number of para-hydroxylation sites is 1. The van der Waals surface area contributed by atoms with Gasteiger partial charge in [0, 0.05) is 34.7 Å². The highest BCUT2D eigenvalue weighted by Crippen LogP contribution is 2.33. The van der Waals surface area contributed by atoms with Crippen LogP contribution in [0.3, 0.4) is 0 Å². The van der Waals surface area contributed by atoms with Gasteiger partial charge in [0.1, 0.15) is 5.82 Å². The van der Waals surface area contributed by atoms with Gasteiger partial charge in [-0.25, -0.2) is 4.98 Å². The number of carbonyl (C=O) groups excluding carboxylic acids is 2. The van der Waals surface area contributed by atoms with Crippen LogP contribution in [-0.2, 0) is 6.42 Å². The van der Waals surface area contributed by atoms with Gasteiger partial charge in [0.2, 0.25) is 0 Å². The molecule has 5 nitrogen and oxygen atoms in total. The SMILES string of the molecule is CC(=O)c1ccc(Nc2cc(C(=O)N3c4ccccc4CC3C)ccn2)cc1. The number of benzene rings is 2. The molecular formula is C23H21N3O2. The number of ketones is 1. The predicted octanol–water partition coefficient (Wildman–Crippen LogP) is 4.62. The number of amides is 1. The standard InChI is InChI=1S/C23H21N3O2/c1-15-13-18-5-3-4-6-21(18)26(15)23(28)19-11-12-24-22(14-19)25-20-9-7-17(8-10-20)16(2)27/h3-12,14-15H,13H2,1-2H3,(H,24,25). The van der Waals surface area contributed by atoms with Crippen LogP contribution in [0, 0.1) is 0 Å². The molecule has 1 amide bonds. The van der Waals surface area contributed by atoms with Crippen molar-refractivity contribution >= 4 is 28.9 Å². The maximum atomic E-state index is 13.2. The molecule has 0 fully saturated rings. The van der Waals surface area contributed by atoms with Crippen LogP contribution in [-0.4, -0.2) is 22.7 Å². The first-order valence-electron chi connectivity index (χ1n) is 9.28. The maximum absolute atomic E-state index is 13.2. The minimum Gasteiger partial charge on any atom is -0.340 e. The highest BCUT2D eigenvalue weighted by Gasteiger charge is 2.31. The molecular weight excluding hydrogens is 350 g/mol. The summed E-state index contributed by atoms with van der Waals surface area (Å²) in [6.45, 7) is 3.60. The van der Waals surface area contributed by atoms with E-state index in [-0.39, 0.29) is 17.7 Å². The normalized spacial score (nSPS) is 15.2. The summed E-state index contributed by atoms with van der Waals surface area (Å²) in [7, 11) is 0. The van der Waals surface area contributed by atoms with Gasteiger partial charge in [0.05, 0.1) is 0 Å². The second kappa shape index (κ2) is 7.27. The summed E-state index contributed by atoms with van der Waals surface area (Å²) in [6.07, 6.45) is 2.49. The molecule has 0 aliphatic carbocycles. The second-order valence-electron chi connectivity index (χ2n) is 7.05. The van der Waals surface area contributed by atoms with E-state index in [0.29, 0.717) is 16.9 Å². The quantitative estimate of drug-likeness (QED) is 0.680. The second-order valence-corrected chi connectivity index (χ2v) is 7.05. The van der Waals surface area contributed by atoms with Gasteiger partial charge in [-0.1, -0.05) is 18.2 Å². The Morgan fingerprint density at radius 2 is 1.79 bits per heavy atom. The minimum atomic E-state index is -0.0326. The van der Waals surface area contributed by atoms with Gasteiger partial charge < -0.3 is 10.2 Å². The maximum Gasteiger partial charge on any atom is 0.258 e. The van der Waals surface area contributed by atoms with E-state index in [1.165, 1.54) is 12.5 Å². The van der Waals surface area contributed by atoms with Crippen LogP contribution in [0.4, 0.5) is 17.2 Å². The first kappa shape index (κ1) is 17.9. The third-order valence-corrected chi connectivity index (χ3v) is 5.00. The van der Waals surface area contributed by atoms with E-state index in [2.05, 4.69) is 23.3 Å². The first-order valence-corrected chi connectivity index (χ1v) is 9.28. The Bertz CT molecular complexity index is 1040. The highest BCUT2D eigenvalue weighted by molar-refractivity contribution is 6.08. The summed E-state index contributed by atoms with van der Waals surface area (Å²) in [5, 5.41) is 3.19. The summed E-state index contributed by atoms with van der Waals surface area (Å²) in [5.74, 6) is 0.577. The number of aromatic nitrogens is 1. The first-order chi connectivity index (χ1) is 13.5. The number of rotatable bonds is 4. The van der Waals surface area contributed by atoms with Crippen LogP contribution in [0.1, 0.15) is 40.1 Å². The third kappa shape index (κ3) is 3.39. The molecule has 4 rings (SSSR count). The highest BCUT2D eigenvalue weighted by atomic mass is 16.2. The van der Waals surface area contributed by atoms with E-state index in [1.807, 2.05) is 35.2 Å². The number of Topliss-reactive ketones (excluding diaryl/α,β-unsaturated/α-hetero) is 1. The number of nitrogens with one attached hydrogen (secondary N) is 1. The van der Waals surface area contributed by atoms with Crippen LogP contribution in [0.25, 0.3) is 0 Å². The lowest BCUT2D eigenvalue weighted by Gasteiger charge is -2.23. The zero-order chi connectivity index (χ0) is 19.7. The van der Waals surface area contributed by atoms with Crippen LogP contribution in [0.15, 0.2) is 66.9 Å². The number of anilines is 3.